The molecule has 0 unspecified atom stereocenters. The number of benzene rings is 3. The van der Waals surface area contributed by atoms with Crippen molar-refractivity contribution in [2.24, 2.45) is 0 Å². The fraction of sp³-hybridized carbons (Fsp3) is 0.474. The average Bonchev–Trinajstić information content (AvgIpc) is 3.10. The predicted molar refractivity (Wildman–Crippen MR) is 191 cm³/mol. The smallest absolute Gasteiger partial charge is 0.328 e. The van der Waals surface area contributed by atoms with Gasteiger partial charge in [-0.05, 0) is 85.3 Å². The SMILES string of the molecule is CCCCN(C(=O)N(CCCC)c1ccc(N(CCCC)C(=O)N(CCCC)c2ccc(CO)cc2)cc1)c1ccc(CO)cc1. The lowest BCUT2D eigenvalue weighted by atomic mass is 10.1. The van der Waals surface area contributed by atoms with Gasteiger partial charge in [0.2, 0.25) is 0 Å². The first-order valence-electron chi connectivity index (χ1n) is 17.1. The van der Waals surface area contributed by atoms with Crippen molar-refractivity contribution in [1.82, 2.24) is 0 Å². The summed E-state index contributed by atoms with van der Waals surface area (Å²) in [5.41, 5.74) is 4.82. The number of anilines is 4. The first-order chi connectivity index (χ1) is 22.4. The Balaban J connectivity index is 1.95. The maximum absolute atomic E-state index is 14.2. The van der Waals surface area contributed by atoms with E-state index in [9.17, 15) is 19.8 Å². The maximum atomic E-state index is 14.2. The van der Waals surface area contributed by atoms with E-state index in [4.69, 9.17) is 0 Å². The third kappa shape index (κ3) is 10.1. The van der Waals surface area contributed by atoms with Gasteiger partial charge in [0, 0.05) is 48.9 Å². The Labute approximate surface area is 276 Å². The second kappa shape index (κ2) is 19.6. The Morgan fingerprint density at radius 3 is 0.848 bits per heavy atom. The van der Waals surface area contributed by atoms with E-state index in [2.05, 4.69) is 27.7 Å². The van der Waals surface area contributed by atoms with Crippen LogP contribution in [-0.4, -0.2) is 48.5 Å². The average molecular weight is 631 g/mol. The molecule has 0 aliphatic rings. The van der Waals surface area contributed by atoms with Gasteiger partial charge in [-0.25, -0.2) is 9.59 Å². The van der Waals surface area contributed by atoms with Crippen LogP contribution in [0.5, 0.6) is 0 Å². The van der Waals surface area contributed by atoms with Crippen LogP contribution in [0.4, 0.5) is 32.3 Å². The summed E-state index contributed by atoms with van der Waals surface area (Å²) in [5, 5.41) is 19.0. The molecule has 3 aromatic rings. The third-order valence-electron chi connectivity index (χ3n) is 8.20. The van der Waals surface area contributed by atoms with Gasteiger partial charge in [0.15, 0.2) is 0 Å². The number of carbonyl (C=O) groups is 2. The summed E-state index contributed by atoms with van der Waals surface area (Å²) in [6, 6.07) is 22.7. The van der Waals surface area contributed by atoms with Crippen LogP contribution in [0.2, 0.25) is 0 Å². The van der Waals surface area contributed by atoms with Gasteiger partial charge < -0.3 is 10.2 Å². The number of unbranched alkanes of at least 4 members (excludes halogenated alkanes) is 4. The van der Waals surface area contributed by atoms with Crippen molar-refractivity contribution in [3.05, 3.63) is 83.9 Å². The number of nitrogens with zero attached hydrogens (tertiary/aromatic N) is 4. The zero-order valence-corrected chi connectivity index (χ0v) is 28.3. The molecule has 250 valence electrons. The predicted octanol–water partition coefficient (Wildman–Crippen LogP) is 8.74. The zero-order chi connectivity index (χ0) is 33.3. The Kier molecular flexibility index (Phi) is 15.6. The molecule has 0 aliphatic carbocycles. The van der Waals surface area contributed by atoms with Crippen LogP contribution < -0.4 is 19.6 Å². The molecule has 0 aromatic heterocycles. The largest absolute Gasteiger partial charge is 0.392 e. The van der Waals surface area contributed by atoms with Gasteiger partial charge in [0.25, 0.3) is 0 Å². The molecule has 0 heterocycles. The molecule has 0 saturated carbocycles. The monoisotopic (exact) mass is 630 g/mol. The molecule has 0 spiro atoms. The van der Waals surface area contributed by atoms with Crippen molar-refractivity contribution in [2.45, 2.75) is 92.3 Å². The van der Waals surface area contributed by atoms with Gasteiger partial charge in [0.05, 0.1) is 13.2 Å². The van der Waals surface area contributed by atoms with Crippen LogP contribution >= 0.6 is 0 Å². The maximum Gasteiger partial charge on any atom is 0.328 e. The van der Waals surface area contributed by atoms with Gasteiger partial charge in [-0.1, -0.05) is 77.6 Å². The molecule has 46 heavy (non-hydrogen) atoms. The number of hydrogen-bond donors (Lipinski definition) is 2. The summed E-state index contributed by atoms with van der Waals surface area (Å²) in [6.45, 7) is 10.7. The number of urea groups is 2. The first kappa shape index (κ1) is 36.6. The standard InChI is InChI=1S/C38H54N4O4/c1-5-9-25-39(33-17-13-31(29-43)14-18-33)37(45)41(27-11-7-3)35-21-23-36(24-22-35)42(28-12-8-4)38(46)40(26-10-6-2)34-19-15-32(30-44)16-20-34/h13-24,43-44H,5-12,25-30H2,1-4H3. The molecule has 4 amide bonds. The quantitative estimate of drug-likeness (QED) is 0.147. The number of hydrogen-bond acceptors (Lipinski definition) is 4. The summed E-state index contributed by atoms with van der Waals surface area (Å²) in [6.07, 6.45) is 7.31. The highest BCUT2D eigenvalue weighted by atomic mass is 16.3. The van der Waals surface area contributed by atoms with Crippen LogP contribution in [-0.2, 0) is 13.2 Å². The van der Waals surface area contributed by atoms with Crippen LogP contribution in [0.1, 0.15) is 90.2 Å². The minimum atomic E-state index is -0.0811. The van der Waals surface area contributed by atoms with Crippen molar-refractivity contribution in [3.8, 4) is 0 Å². The van der Waals surface area contributed by atoms with Crippen LogP contribution in [0.3, 0.4) is 0 Å². The van der Waals surface area contributed by atoms with Crippen molar-refractivity contribution in [1.29, 1.82) is 0 Å². The highest BCUT2D eigenvalue weighted by Gasteiger charge is 2.26. The molecular formula is C38H54N4O4. The highest BCUT2D eigenvalue weighted by Crippen LogP contribution is 2.28. The lowest BCUT2D eigenvalue weighted by Gasteiger charge is -2.33. The number of rotatable bonds is 18. The zero-order valence-electron chi connectivity index (χ0n) is 28.3. The molecule has 0 bridgehead atoms. The molecule has 0 saturated heterocycles. The minimum absolute atomic E-state index is 0.0394. The summed E-state index contributed by atoms with van der Waals surface area (Å²) < 4.78 is 0. The van der Waals surface area contributed by atoms with Crippen molar-refractivity contribution >= 4 is 34.8 Å². The van der Waals surface area contributed by atoms with E-state index in [1.165, 1.54) is 0 Å². The van der Waals surface area contributed by atoms with Crippen molar-refractivity contribution in [3.63, 3.8) is 0 Å². The second-order valence-electron chi connectivity index (χ2n) is 11.8. The molecule has 2 N–H and O–H groups in total. The first-order valence-corrected chi connectivity index (χ1v) is 17.1. The van der Waals surface area contributed by atoms with Crippen LogP contribution in [0.15, 0.2) is 72.8 Å². The number of aliphatic hydroxyl groups is 2. The normalized spacial score (nSPS) is 10.9. The molecule has 0 atom stereocenters. The Morgan fingerprint density at radius 1 is 0.435 bits per heavy atom. The molecule has 3 aromatic carbocycles. The molecule has 0 aliphatic heterocycles. The van der Waals surface area contributed by atoms with Crippen molar-refractivity contribution in [2.75, 3.05) is 45.8 Å². The van der Waals surface area contributed by atoms with Crippen LogP contribution in [0, 0.1) is 0 Å². The van der Waals surface area contributed by atoms with Crippen LogP contribution in [0.25, 0.3) is 0 Å². The van der Waals surface area contributed by atoms with Crippen molar-refractivity contribution < 1.29 is 19.8 Å². The molecule has 8 nitrogen and oxygen atoms in total. The molecule has 0 radical (unpaired) electrons. The Bertz CT molecular complexity index is 1210. The van der Waals surface area contributed by atoms with E-state index in [1.807, 2.05) is 92.4 Å². The fourth-order valence-electron chi connectivity index (χ4n) is 5.27. The number of carbonyl (C=O) groups excluding carboxylic acids is 2. The number of aliphatic hydroxyl groups excluding tert-OH is 2. The minimum Gasteiger partial charge on any atom is -0.392 e. The summed E-state index contributed by atoms with van der Waals surface area (Å²) in [5.74, 6) is 0. The van der Waals surface area contributed by atoms with E-state index in [0.29, 0.717) is 26.2 Å². The summed E-state index contributed by atoms with van der Waals surface area (Å²) >= 11 is 0. The molecule has 3 rings (SSSR count). The lowest BCUT2D eigenvalue weighted by molar-refractivity contribution is 0.250. The topological polar surface area (TPSA) is 87.6 Å². The second-order valence-corrected chi connectivity index (χ2v) is 11.8. The van der Waals surface area contributed by atoms with E-state index >= 15 is 0 Å². The van der Waals surface area contributed by atoms with Gasteiger partial charge in [-0.15, -0.1) is 0 Å². The van der Waals surface area contributed by atoms with Gasteiger partial charge >= 0.3 is 12.1 Å². The molecular weight excluding hydrogens is 576 g/mol. The van der Waals surface area contributed by atoms with E-state index in [0.717, 1.165) is 85.2 Å². The summed E-state index contributed by atoms with van der Waals surface area (Å²) in [4.78, 5) is 35.7. The molecule has 8 heteroatoms. The summed E-state index contributed by atoms with van der Waals surface area (Å²) in [7, 11) is 0. The Hall–Kier alpha value is -3.88. The third-order valence-corrected chi connectivity index (χ3v) is 8.20. The highest BCUT2D eigenvalue weighted by molar-refractivity contribution is 6.05. The van der Waals surface area contributed by atoms with Gasteiger partial charge in [0.1, 0.15) is 0 Å². The lowest BCUT2D eigenvalue weighted by Crippen LogP contribution is -2.45. The fourth-order valence-corrected chi connectivity index (χ4v) is 5.27. The van der Waals surface area contributed by atoms with Gasteiger partial charge in [-0.3, -0.25) is 19.6 Å². The van der Waals surface area contributed by atoms with E-state index < -0.39 is 0 Å². The van der Waals surface area contributed by atoms with E-state index in [-0.39, 0.29) is 25.3 Å². The van der Waals surface area contributed by atoms with Gasteiger partial charge in [-0.2, -0.15) is 0 Å². The molecule has 0 fully saturated rings. The van der Waals surface area contributed by atoms with E-state index in [1.54, 1.807) is 0 Å². The Morgan fingerprint density at radius 2 is 0.652 bits per heavy atom. The number of amides is 4.